The lowest BCUT2D eigenvalue weighted by Gasteiger charge is -2.09. The molecule has 0 saturated carbocycles. The van der Waals surface area contributed by atoms with Crippen LogP contribution < -0.4 is 11.5 Å². The quantitative estimate of drug-likeness (QED) is 0.757. The lowest BCUT2D eigenvalue weighted by Crippen LogP contribution is -1.97. The van der Waals surface area contributed by atoms with Gasteiger partial charge in [-0.1, -0.05) is 0 Å². The van der Waals surface area contributed by atoms with Crippen molar-refractivity contribution in [3.63, 3.8) is 0 Å². The lowest BCUT2D eigenvalue weighted by molar-refractivity contribution is 1.12. The second-order valence-electron chi connectivity index (χ2n) is 5.27. The highest BCUT2D eigenvalue weighted by atomic mass is 14.8. The third-order valence-electron chi connectivity index (χ3n) is 3.43. The largest absolute Gasteiger partial charge is 0.384 e. The topological polar surface area (TPSA) is 90.7 Å². The molecule has 0 aliphatic heterocycles. The summed E-state index contributed by atoms with van der Waals surface area (Å²) in [6.07, 6.45) is 3.48. The molecule has 0 aliphatic rings. The minimum Gasteiger partial charge on any atom is -0.384 e. The molecular formula is C17H17N5. The smallest absolute Gasteiger partial charge is 0.131 e. The molecule has 0 unspecified atom stereocenters. The molecule has 0 aromatic carbocycles. The van der Waals surface area contributed by atoms with Gasteiger partial charge in [-0.15, -0.1) is 0 Å². The Morgan fingerprint density at radius 1 is 0.773 bits per heavy atom. The minimum atomic E-state index is 0.470. The van der Waals surface area contributed by atoms with E-state index in [1.807, 2.05) is 38.1 Å². The summed E-state index contributed by atoms with van der Waals surface area (Å²) in [7, 11) is 0. The van der Waals surface area contributed by atoms with Gasteiger partial charge in [0.15, 0.2) is 0 Å². The van der Waals surface area contributed by atoms with E-state index in [2.05, 4.69) is 15.0 Å². The molecule has 0 radical (unpaired) electrons. The van der Waals surface area contributed by atoms with E-state index in [9.17, 15) is 0 Å². The molecule has 22 heavy (non-hydrogen) atoms. The normalized spacial score (nSPS) is 10.6. The molecule has 3 heterocycles. The number of aromatic nitrogens is 3. The molecular weight excluding hydrogens is 274 g/mol. The average Bonchev–Trinajstić information content (AvgIpc) is 2.48. The third-order valence-corrected chi connectivity index (χ3v) is 3.43. The van der Waals surface area contributed by atoms with Gasteiger partial charge in [-0.3, -0.25) is 4.98 Å². The highest BCUT2D eigenvalue weighted by molar-refractivity contribution is 5.79. The number of nitrogen functional groups attached to an aromatic ring is 2. The van der Waals surface area contributed by atoms with Gasteiger partial charge < -0.3 is 11.5 Å². The Hall–Kier alpha value is -2.95. The molecule has 0 fully saturated rings. The van der Waals surface area contributed by atoms with Crippen molar-refractivity contribution in [2.24, 2.45) is 0 Å². The average molecular weight is 291 g/mol. The number of anilines is 2. The van der Waals surface area contributed by atoms with Gasteiger partial charge in [-0.2, -0.15) is 0 Å². The van der Waals surface area contributed by atoms with Crippen LogP contribution in [0.2, 0.25) is 0 Å². The maximum absolute atomic E-state index is 6.01. The SMILES string of the molecule is Cc1cc(-c2cnc(N)c(-c3ccc(N)nc3)c2)cc(C)n1. The van der Waals surface area contributed by atoms with Gasteiger partial charge in [0.05, 0.1) is 0 Å². The third kappa shape index (κ3) is 2.74. The summed E-state index contributed by atoms with van der Waals surface area (Å²) in [6, 6.07) is 9.73. The summed E-state index contributed by atoms with van der Waals surface area (Å²) < 4.78 is 0. The zero-order valence-electron chi connectivity index (χ0n) is 12.5. The number of aryl methyl sites for hydroxylation is 2. The molecule has 0 amide bonds. The highest BCUT2D eigenvalue weighted by Crippen LogP contribution is 2.29. The van der Waals surface area contributed by atoms with E-state index >= 15 is 0 Å². The molecule has 5 heteroatoms. The van der Waals surface area contributed by atoms with E-state index in [0.717, 1.165) is 33.6 Å². The standard InChI is InChI=1S/C17H17N5/c1-10-5-13(6-11(2)22-10)14-7-15(17(19)21-9-14)12-3-4-16(18)20-8-12/h3-9H,1-2H3,(H2,18,20)(H2,19,21). The maximum atomic E-state index is 6.01. The van der Waals surface area contributed by atoms with Crippen molar-refractivity contribution in [2.75, 3.05) is 11.5 Å². The summed E-state index contributed by atoms with van der Waals surface area (Å²) >= 11 is 0. The number of hydrogen-bond donors (Lipinski definition) is 2. The molecule has 0 atom stereocenters. The second kappa shape index (κ2) is 5.44. The number of nitrogens with zero attached hydrogens (tertiary/aromatic N) is 3. The Morgan fingerprint density at radius 3 is 2.09 bits per heavy atom. The van der Waals surface area contributed by atoms with E-state index in [4.69, 9.17) is 11.5 Å². The van der Waals surface area contributed by atoms with Crippen LogP contribution in [0.3, 0.4) is 0 Å². The van der Waals surface area contributed by atoms with Crippen molar-refractivity contribution >= 4 is 11.6 Å². The first-order valence-electron chi connectivity index (χ1n) is 6.96. The molecule has 0 bridgehead atoms. The van der Waals surface area contributed by atoms with E-state index in [0.29, 0.717) is 11.6 Å². The monoisotopic (exact) mass is 291 g/mol. The van der Waals surface area contributed by atoms with Gasteiger partial charge in [0.2, 0.25) is 0 Å². The predicted molar refractivity (Wildman–Crippen MR) is 89.0 cm³/mol. The van der Waals surface area contributed by atoms with Gasteiger partial charge in [-0.25, -0.2) is 9.97 Å². The first-order chi connectivity index (χ1) is 10.5. The van der Waals surface area contributed by atoms with Crippen molar-refractivity contribution in [3.05, 3.63) is 54.1 Å². The summed E-state index contributed by atoms with van der Waals surface area (Å²) in [5, 5.41) is 0. The van der Waals surface area contributed by atoms with Crippen molar-refractivity contribution in [3.8, 4) is 22.3 Å². The van der Waals surface area contributed by atoms with Crippen molar-refractivity contribution < 1.29 is 0 Å². The van der Waals surface area contributed by atoms with Gasteiger partial charge in [-0.05, 0) is 49.7 Å². The molecule has 3 rings (SSSR count). The fraction of sp³-hybridized carbons (Fsp3) is 0.118. The first kappa shape index (κ1) is 14.0. The van der Waals surface area contributed by atoms with Crippen LogP contribution in [-0.4, -0.2) is 15.0 Å². The van der Waals surface area contributed by atoms with E-state index in [-0.39, 0.29) is 0 Å². The first-order valence-corrected chi connectivity index (χ1v) is 6.96. The van der Waals surface area contributed by atoms with E-state index < -0.39 is 0 Å². The Labute approximate surface area is 129 Å². The summed E-state index contributed by atoms with van der Waals surface area (Å²) in [6.45, 7) is 3.96. The molecule has 110 valence electrons. The van der Waals surface area contributed by atoms with Crippen molar-refractivity contribution in [1.82, 2.24) is 15.0 Å². The second-order valence-corrected chi connectivity index (χ2v) is 5.27. The van der Waals surface area contributed by atoms with E-state index in [1.54, 1.807) is 18.5 Å². The van der Waals surface area contributed by atoms with Gasteiger partial charge in [0.25, 0.3) is 0 Å². The summed E-state index contributed by atoms with van der Waals surface area (Å²) in [4.78, 5) is 12.8. The number of nitrogens with two attached hydrogens (primary N) is 2. The molecule has 0 spiro atoms. The van der Waals surface area contributed by atoms with Crippen LogP contribution in [-0.2, 0) is 0 Å². The van der Waals surface area contributed by atoms with Crippen LogP contribution in [0.5, 0.6) is 0 Å². The molecule has 4 N–H and O–H groups in total. The molecule has 0 saturated heterocycles. The van der Waals surface area contributed by atoms with Gasteiger partial charge in [0, 0.05) is 40.5 Å². The fourth-order valence-corrected chi connectivity index (χ4v) is 2.43. The zero-order valence-corrected chi connectivity index (χ0v) is 12.5. The Balaban J connectivity index is 2.11. The minimum absolute atomic E-state index is 0.470. The summed E-state index contributed by atoms with van der Waals surface area (Å²) in [5.41, 5.74) is 17.4. The predicted octanol–water partition coefficient (Wildman–Crippen LogP) is 2.99. The molecule has 3 aromatic heterocycles. The van der Waals surface area contributed by atoms with E-state index in [1.165, 1.54) is 0 Å². The lowest BCUT2D eigenvalue weighted by atomic mass is 10.0. The number of hydrogen-bond acceptors (Lipinski definition) is 5. The molecule has 5 nitrogen and oxygen atoms in total. The highest BCUT2D eigenvalue weighted by Gasteiger charge is 2.08. The Morgan fingerprint density at radius 2 is 1.45 bits per heavy atom. The maximum Gasteiger partial charge on any atom is 0.131 e. The van der Waals surface area contributed by atoms with Gasteiger partial charge >= 0.3 is 0 Å². The van der Waals surface area contributed by atoms with Gasteiger partial charge in [0.1, 0.15) is 11.6 Å². The van der Waals surface area contributed by atoms with Crippen LogP contribution in [0, 0.1) is 13.8 Å². The zero-order chi connectivity index (χ0) is 15.7. The number of rotatable bonds is 2. The Kier molecular flexibility index (Phi) is 3.47. The van der Waals surface area contributed by atoms with Crippen LogP contribution in [0.25, 0.3) is 22.3 Å². The Bertz CT molecular complexity index is 805. The fourth-order valence-electron chi connectivity index (χ4n) is 2.43. The molecule has 0 aliphatic carbocycles. The number of pyridine rings is 3. The van der Waals surface area contributed by atoms with Crippen LogP contribution in [0.4, 0.5) is 11.6 Å². The van der Waals surface area contributed by atoms with Crippen LogP contribution >= 0.6 is 0 Å². The van der Waals surface area contributed by atoms with Crippen molar-refractivity contribution in [1.29, 1.82) is 0 Å². The summed E-state index contributed by atoms with van der Waals surface area (Å²) in [5.74, 6) is 0.949. The van der Waals surface area contributed by atoms with Crippen LogP contribution in [0.15, 0.2) is 42.7 Å². The van der Waals surface area contributed by atoms with Crippen LogP contribution in [0.1, 0.15) is 11.4 Å². The van der Waals surface area contributed by atoms with Crippen molar-refractivity contribution in [2.45, 2.75) is 13.8 Å². The molecule has 3 aromatic rings.